The van der Waals surface area contributed by atoms with Gasteiger partial charge in [0.1, 0.15) is 0 Å². The van der Waals surface area contributed by atoms with E-state index >= 15 is 0 Å². The Kier molecular flexibility index (Phi) is 3.08. The smallest absolute Gasteiger partial charge is 0.229 e. The molecule has 0 saturated heterocycles. The van der Waals surface area contributed by atoms with E-state index in [4.69, 9.17) is 10.5 Å². The fraction of sp³-hybridized carbons (Fsp3) is 0.727. The number of hydrogen-bond donors (Lipinski definition) is 1. The van der Waals surface area contributed by atoms with Crippen LogP contribution in [0.4, 0.5) is 5.13 Å². The maximum Gasteiger partial charge on any atom is 0.229 e. The molecule has 0 bridgehead atoms. The van der Waals surface area contributed by atoms with Gasteiger partial charge in [-0.3, -0.25) is 0 Å². The molecule has 0 unspecified atom stereocenters. The molecule has 1 aromatic rings. The Balaban J connectivity index is 2.06. The highest BCUT2D eigenvalue weighted by molar-refractivity contribution is 7.15. The highest BCUT2D eigenvalue weighted by Gasteiger charge is 2.37. The van der Waals surface area contributed by atoms with Crippen LogP contribution in [0.15, 0.2) is 0 Å². The first-order chi connectivity index (χ1) is 7.54. The van der Waals surface area contributed by atoms with Crippen LogP contribution in [0.2, 0.25) is 0 Å². The second-order valence-electron chi connectivity index (χ2n) is 4.69. The van der Waals surface area contributed by atoms with Crippen LogP contribution in [-0.4, -0.2) is 31.7 Å². The van der Waals surface area contributed by atoms with Gasteiger partial charge in [-0.1, -0.05) is 11.3 Å². The normalized spacial score (nSPS) is 17.2. The molecule has 1 fully saturated rings. The number of methoxy groups -OCH3 is 1. The zero-order valence-corrected chi connectivity index (χ0v) is 10.9. The third-order valence-electron chi connectivity index (χ3n) is 2.97. The summed E-state index contributed by atoms with van der Waals surface area (Å²) in [4.78, 5) is 7.65. The number of aryl methyl sites for hydroxylation is 1. The van der Waals surface area contributed by atoms with Crippen LogP contribution < -0.4 is 15.4 Å². The Morgan fingerprint density at radius 1 is 1.50 bits per heavy atom. The van der Waals surface area contributed by atoms with Crippen LogP contribution in [0.25, 0.3) is 0 Å². The monoisotopic (exact) mass is 241 g/mol. The number of anilines is 1. The van der Waals surface area contributed by atoms with Crippen molar-refractivity contribution in [2.45, 2.75) is 31.2 Å². The van der Waals surface area contributed by atoms with Gasteiger partial charge >= 0.3 is 0 Å². The lowest BCUT2D eigenvalue weighted by atomic mass is 10.1. The Morgan fingerprint density at radius 2 is 2.19 bits per heavy atom. The van der Waals surface area contributed by atoms with Crippen molar-refractivity contribution >= 4 is 16.5 Å². The lowest BCUT2D eigenvalue weighted by Gasteiger charge is -2.07. The average molecular weight is 241 g/mol. The minimum Gasteiger partial charge on any atom is -0.480 e. The maximum absolute atomic E-state index is 6.09. The fourth-order valence-electron chi connectivity index (χ4n) is 1.61. The van der Waals surface area contributed by atoms with Gasteiger partial charge in [0.2, 0.25) is 5.88 Å². The van der Waals surface area contributed by atoms with E-state index in [2.05, 4.69) is 4.98 Å². The molecule has 1 heterocycles. The third kappa shape index (κ3) is 2.47. The molecule has 16 heavy (non-hydrogen) atoms. The Hall–Kier alpha value is -0.810. The first kappa shape index (κ1) is 11.7. The Labute approximate surface area is 100 Å². The van der Waals surface area contributed by atoms with Gasteiger partial charge < -0.3 is 15.4 Å². The minimum atomic E-state index is 0.104. The summed E-state index contributed by atoms with van der Waals surface area (Å²) in [6.07, 6.45) is 4.34. The molecule has 0 aromatic carbocycles. The Morgan fingerprint density at radius 3 is 2.69 bits per heavy atom. The topological polar surface area (TPSA) is 51.4 Å². The standard InChI is InChI=1S/C11H19N3OS/c1-14(2)10-13-9(15-3)8(16-10)4-5-11(12)6-7-11/h4-7,12H2,1-3H3. The summed E-state index contributed by atoms with van der Waals surface area (Å²) in [5, 5.41) is 0.994. The molecule has 1 aliphatic carbocycles. The summed E-state index contributed by atoms with van der Waals surface area (Å²) in [6.45, 7) is 0. The first-order valence-corrected chi connectivity index (χ1v) is 6.36. The number of rotatable bonds is 5. The van der Waals surface area contributed by atoms with E-state index in [1.54, 1.807) is 18.4 Å². The van der Waals surface area contributed by atoms with Gasteiger partial charge in [0.15, 0.2) is 5.13 Å². The molecule has 2 N–H and O–H groups in total. The van der Waals surface area contributed by atoms with Crippen molar-refractivity contribution in [3.05, 3.63) is 4.88 Å². The van der Waals surface area contributed by atoms with Gasteiger partial charge in [0.25, 0.3) is 0 Å². The quantitative estimate of drug-likeness (QED) is 0.851. The van der Waals surface area contributed by atoms with Gasteiger partial charge in [-0.05, 0) is 25.7 Å². The molecule has 2 rings (SSSR count). The van der Waals surface area contributed by atoms with Crippen LogP contribution in [0.1, 0.15) is 24.1 Å². The fourth-order valence-corrected chi connectivity index (χ4v) is 2.56. The van der Waals surface area contributed by atoms with Crippen molar-refractivity contribution in [2.75, 3.05) is 26.1 Å². The van der Waals surface area contributed by atoms with Crippen LogP contribution in [0.3, 0.4) is 0 Å². The van der Waals surface area contributed by atoms with E-state index in [1.165, 1.54) is 4.88 Å². The largest absolute Gasteiger partial charge is 0.480 e. The average Bonchev–Trinajstić information content (AvgIpc) is 2.82. The highest BCUT2D eigenvalue weighted by atomic mass is 32.1. The van der Waals surface area contributed by atoms with Crippen molar-refractivity contribution in [3.8, 4) is 5.88 Å². The highest BCUT2D eigenvalue weighted by Crippen LogP contribution is 2.39. The van der Waals surface area contributed by atoms with Crippen molar-refractivity contribution < 1.29 is 4.74 Å². The number of aromatic nitrogens is 1. The predicted octanol–water partition coefficient (Wildman–Crippen LogP) is 1.64. The van der Waals surface area contributed by atoms with Gasteiger partial charge in [-0.25, -0.2) is 0 Å². The lowest BCUT2D eigenvalue weighted by Crippen LogP contribution is -2.21. The molecular weight excluding hydrogens is 222 g/mol. The van der Waals surface area contributed by atoms with Gasteiger partial charge in [-0.2, -0.15) is 4.98 Å². The number of thiazole rings is 1. The van der Waals surface area contributed by atoms with E-state index in [1.807, 2.05) is 19.0 Å². The molecule has 5 heteroatoms. The van der Waals surface area contributed by atoms with Crippen molar-refractivity contribution in [1.29, 1.82) is 0 Å². The van der Waals surface area contributed by atoms with Gasteiger partial charge in [0.05, 0.1) is 12.0 Å². The maximum atomic E-state index is 6.09. The van der Waals surface area contributed by atoms with Gasteiger partial charge in [-0.15, -0.1) is 0 Å². The van der Waals surface area contributed by atoms with Crippen LogP contribution in [0, 0.1) is 0 Å². The second kappa shape index (κ2) is 4.22. The SMILES string of the molecule is COc1nc(N(C)C)sc1CCC1(N)CC1. The second-order valence-corrected chi connectivity index (χ2v) is 5.75. The molecule has 1 aromatic heterocycles. The molecule has 0 radical (unpaired) electrons. The molecule has 0 amide bonds. The number of nitrogens with zero attached hydrogens (tertiary/aromatic N) is 2. The van der Waals surface area contributed by atoms with E-state index in [-0.39, 0.29) is 5.54 Å². The molecule has 90 valence electrons. The van der Waals surface area contributed by atoms with Crippen molar-refractivity contribution in [1.82, 2.24) is 4.98 Å². The first-order valence-electron chi connectivity index (χ1n) is 5.54. The van der Waals surface area contributed by atoms with E-state index in [0.29, 0.717) is 0 Å². The Bertz CT molecular complexity index is 371. The molecule has 0 spiro atoms. The third-order valence-corrected chi connectivity index (χ3v) is 4.23. The zero-order valence-electron chi connectivity index (χ0n) is 10.1. The summed E-state index contributed by atoms with van der Waals surface area (Å²) in [6, 6.07) is 0. The van der Waals surface area contributed by atoms with Crippen LogP contribution >= 0.6 is 11.3 Å². The predicted molar refractivity (Wildman–Crippen MR) is 67.5 cm³/mol. The molecule has 4 nitrogen and oxygen atoms in total. The summed E-state index contributed by atoms with van der Waals surface area (Å²) in [5.41, 5.74) is 6.19. The molecular formula is C11H19N3OS. The van der Waals surface area contributed by atoms with E-state index in [9.17, 15) is 0 Å². The van der Waals surface area contributed by atoms with Gasteiger partial charge in [0, 0.05) is 19.6 Å². The number of ether oxygens (including phenoxy) is 1. The van der Waals surface area contributed by atoms with E-state index in [0.717, 1.165) is 36.7 Å². The summed E-state index contributed by atoms with van der Waals surface area (Å²) in [5.74, 6) is 0.762. The van der Waals surface area contributed by atoms with Crippen LogP contribution in [0.5, 0.6) is 5.88 Å². The molecule has 0 aliphatic heterocycles. The van der Waals surface area contributed by atoms with Crippen molar-refractivity contribution in [3.63, 3.8) is 0 Å². The number of nitrogens with two attached hydrogens (primary N) is 1. The summed E-state index contributed by atoms with van der Waals surface area (Å²) < 4.78 is 5.29. The number of hydrogen-bond acceptors (Lipinski definition) is 5. The molecule has 0 atom stereocenters. The molecule has 1 saturated carbocycles. The van der Waals surface area contributed by atoms with Crippen molar-refractivity contribution in [2.24, 2.45) is 5.73 Å². The zero-order chi connectivity index (χ0) is 11.8. The summed E-state index contributed by atoms with van der Waals surface area (Å²) >= 11 is 1.69. The minimum absolute atomic E-state index is 0.104. The molecule has 1 aliphatic rings. The van der Waals surface area contributed by atoms with E-state index < -0.39 is 0 Å². The lowest BCUT2D eigenvalue weighted by molar-refractivity contribution is 0.395. The van der Waals surface area contributed by atoms with Crippen LogP contribution in [-0.2, 0) is 6.42 Å². The summed E-state index contributed by atoms with van der Waals surface area (Å²) in [7, 11) is 5.66.